The molecule has 0 aliphatic rings. The summed E-state index contributed by atoms with van der Waals surface area (Å²) in [5.74, 6) is 0.822. The van der Waals surface area contributed by atoms with Crippen LogP contribution in [0.25, 0.3) is 11.3 Å². The molecule has 1 unspecified atom stereocenters. The summed E-state index contributed by atoms with van der Waals surface area (Å²) in [6.07, 6.45) is 2.31. The molecule has 0 saturated carbocycles. The predicted molar refractivity (Wildman–Crippen MR) is 103 cm³/mol. The molecular weight excluding hydrogens is 320 g/mol. The summed E-state index contributed by atoms with van der Waals surface area (Å²) in [6.45, 7) is 10.0. The molecule has 0 spiro atoms. The van der Waals surface area contributed by atoms with E-state index >= 15 is 0 Å². The Morgan fingerprint density at radius 3 is 2.33 bits per heavy atom. The van der Waals surface area contributed by atoms with Crippen LogP contribution in [0.2, 0.25) is 5.02 Å². The molecule has 0 aliphatic heterocycles. The third kappa shape index (κ3) is 5.77. The second-order valence-electron chi connectivity index (χ2n) is 6.03. The molecule has 130 valence electrons. The first-order valence-electron chi connectivity index (χ1n) is 8.71. The number of nitrogens with one attached hydrogen (secondary N) is 1. The van der Waals surface area contributed by atoms with Crippen LogP contribution in [-0.4, -0.2) is 40.8 Å². The zero-order chi connectivity index (χ0) is 17.4. The molecule has 0 fully saturated rings. The van der Waals surface area contributed by atoms with Gasteiger partial charge in [-0.05, 0) is 63.7 Å². The van der Waals surface area contributed by atoms with Gasteiger partial charge in [0.2, 0.25) is 0 Å². The van der Waals surface area contributed by atoms with Crippen molar-refractivity contribution in [2.24, 2.45) is 0 Å². The number of hydrogen-bond donors (Lipinski definition) is 1. The van der Waals surface area contributed by atoms with Gasteiger partial charge in [-0.25, -0.2) is 0 Å². The zero-order valence-electron chi connectivity index (χ0n) is 14.8. The number of nitrogens with zero attached hydrogens (tertiary/aromatic N) is 3. The van der Waals surface area contributed by atoms with Crippen molar-refractivity contribution in [3.8, 4) is 11.3 Å². The van der Waals surface area contributed by atoms with Crippen LogP contribution in [0.3, 0.4) is 0 Å². The van der Waals surface area contributed by atoms with Gasteiger partial charge in [-0.1, -0.05) is 37.6 Å². The SMILES string of the molecule is CCN(CC)CCCC(C)Nc1ccc(-c2ccc(Cl)cc2)nn1. The molecule has 24 heavy (non-hydrogen) atoms. The Labute approximate surface area is 150 Å². The van der Waals surface area contributed by atoms with Crippen LogP contribution in [0.1, 0.15) is 33.6 Å². The Morgan fingerprint density at radius 2 is 1.75 bits per heavy atom. The van der Waals surface area contributed by atoms with Gasteiger partial charge in [0.25, 0.3) is 0 Å². The Kier molecular flexibility index (Phi) is 7.47. The molecule has 2 rings (SSSR count). The molecular formula is C19H27ClN4. The molecule has 1 aromatic carbocycles. The number of hydrogen-bond acceptors (Lipinski definition) is 4. The smallest absolute Gasteiger partial charge is 0.148 e. The maximum atomic E-state index is 5.91. The third-order valence-electron chi connectivity index (χ3n) is 4.20. The van der Waals surface area contributed by atoms with Crippen molar-refractivity contribution in [2.45, 2.75) is 39.7 Å². The molecule has 2 aromatic rings. The molecule has 5 heteroatoms. The Balaban J connectivity index is 1.83. The molecule has 0 bridgehead atoms. The summed E-state index contributed by atoms with van der Waals surface area (Å²) in [5.41, 5.74) is 1.87. The highest BCUT2D eigenvalue weighted by molar-refractivity contribution is 6.30. The topological polar surface area (TPSA) is 41.0 Å². The van der Waals surface area contributed by atoms with E-state index in [2.05, 4.69) is 41.2 Å². The standard InChI is InChI=1S/C19H27ClN4/c1-4-24(5-2)14-6-7-15(3)21-19-13-12-18(22-23-19)16-8-10-17(20)11-9-16/h8-13,15H,4-7,14H2,1-3H3,(H,21,23). The minimum atomic E-state index is 0.385. The summed E-state index contributed by atoms with van der Waals surface area (Å²) in [7, 11) is 0. The van der Waals surface area contributed by atoms with Crippen molar-refractivity contribution in [1.82, 2.24) is 15.1 Å². The molecule has 1 N–H and O–H groups in total. The first-order chi connectivity index (χ1) is 11.6. The molecule has 1 atom stereocenters. The van der Waals surface area contributed by atoms with E-state index in [4.69, 9.17) is 11.6 Å². The van der Waals surface area contributed by atoms with Crippen LogP contribution < -0.4 is 5.32 Å². The minimum absolute atomic E-state index is 0.385. The summed E-state index contributed by atoms with van der Waals surface area (Å²) >= 11 is 5.91. The van der Waals surface area contributed by atoms with E-state index < -0.39 is 0 Å². The fraction of sp³-hybridized carbons (Fsp3) is 0.474. The molecule has 0 amide bonds. The van der Waals surface area contributed by atoms with Gasteiger partial charge in [-0.15, -0.1) is 10.2 Å². The van der Waals surface area contributed by atoms with E-state index in [0.29, 0.717) is 6.04 Å². The largest absolute Gasteiger partial charge is 0.366 e. The zero-order valence-corrected chi connectivity index (χ0v) is 15.6. The second-order valence-corrected chi connectivity index (χ2v) is 6.46. The van der Waals surface area contributed by atoms with Crippen LogP contribution >= 0.6 is 11.6 Å². The maximum Gasteiger partial charge on any atom is 0.148 e. The van der Waals surface area contributed by atoms with Gasteiger partial charge in [0.1, 0.15) is 5.82 Å². The molecule has 0 aliphatic carbocycles. The number of halogens is 1. The number of anilines is 1. The van der Waals surface area contributed by atoms with Gasteiger partial charge in [-0.2, -0.15) is 0 Å². The van der Waals surface area contributed by atoms with E-state index in [9.17, 15) is 0 Å². The minimum Gasteiger partial charge on any atom is -0.366 e. The lowest BCUT2D eigenvalue weighted by atomic mass is 10.1. The summed E-state index contributed by atoms with van der Waals surface area (Å²) in [4.78, 5) is 2.45. The summed E-state index contributed by atoms with van der Waals surface area (Å²) in [5, 5.41) is 12.7. The summed E-state index contributed by atoms with van der Waals surface area (Å²) in [6, 6.07) is 12.0. The second kappa shape index (κ2) is 9.60. The van der Waals surface area contributed by atoms with Crippen LogP contribution in [0.5, 0.6) is 0 Å². The van der Waals surface area contributed by atoms with E-state index in [0.717, 1.165) is 48.2 Å². The molecule has 1 heterocycles. The van der Waals surface area contributed by atoms with Crippen molar-refractivity contribution in [2.75, 3.05) is 25.0 Å². The monoisotopic (exact) mass is 346 g/mol. The number of benzene rings is 1. The lowest BCUT2D eigenvalue weighted by molar-refractivity contribution is 0.295. The molecule has 4 nitrogen and oxygen atoms in total. The molecule has 0 saturated heterocycles. The Bertz CT molecular complexity index is 594. The number of rotatable bonds is 9. The highest BCUT2D eigenvalue weighted by Gasteiger charge is 2.06. The average Bonchev–Trinajstić information content (AvgIpc) is 2.60. The van der Waals surface area contributed by atoms with E-state index in [1.165, 1.54) is 6.42 Å². The van der Waals surface area contributed by atoms with Crippen LogP contribution in [-0.2, 0) is 0 Å². The van der Waals surface area contributed by atoms with Gasteiger partial charge < -0.3 is 10.2 Å². The number of aromatic nitrogens is 2. The normalized spacial score (nSPS) is 12.4. The van der Waals surface area contributed by atoms with Gasteiger partial charge in [0.05, 0.1) is 5.69 Å². The fourth-order valence-electron chi connectivity index (χ4n) is 2.67. The lowest BCUT2D eigenvalue weighted by Gasteiger charge is -2.19. The van der Waals surface area contributed by atoms with Crippen molar-refractivity contribution in [3.63, 3.8) is 0 Å². The Morgan fingerprint density at radius 1 is 1.04 bits per heavy atom. The highest BCUT2D eigenvalue weighted by atomic mass is 35.5. The molecule has 0 radical (unpaired) electrons. The van der Waals surface area contributed by atoms with Crippen molar-refractivity contribution < 1.29 is 0 Å². The first-order valence-corrected chi connectivity index (χ1v) is 9.08. The van der Waals surface area contributed by atoms with E-state index in [-0.39, 0.29) is 0 Å². The Hall–Kier alpha value is -1.65. The average molecular weight is 347 g/mol. The lowest BCUT2D eigenvalue weighted by Crippen LogP contribution is -2.25. The van der Waals surface area contributed by atoms with Crippen LogP contribution in [0.4, 0.5) is 5.82 Å². The highest BCUT2D eigenvalue weighted by Crippen LogP contribution is 2.20. The van der Waals surface area contributed by atoms with Crippen molar-refractivity contribution >= 4 is 17.4 Å². The summed E-state index contributed by atoms with van der Waals surface area (Å²) < 4.78 is 0. The predicted octanol–water partition coefficient (Wildman–Crippen LogP) is 4.72. The first kappa shape index (κ1) is 18.7. The van der Waals surface area contributed by atoms with Crippen LogP contribution in [0.15, 0.2) is 36.4 Å². The van der Waals surface area contributed by atoms with Gasteiger partial charge >= 0.3 is 0 Å². The van der Waals surface area contributed by atoms with Crippen molar-refractivity contribution in [3.05, 3.63) is 41.4 Å². The maximum absolute atomic E-state index is 5.91. The third-order valence-corrected chi connectivity index (χ3v) is 4.46. The van der Waals surface area contributed by atoms with Gasteiger partial charge in [0.15, 0.2) is 0 Å². The van der Waals surface area contributed by atoms with Gasteiger partial charge in [-0.3, -0.25) is 0 Å². The van der Waals surface area contributed by atoms with E-state index in [1.807, 2.05) is 36.4 Å². The van der Waals surface area contributed by atoms with E-state index in [1.54, 1.807) is 0 Å². The quantitative estimate of drug-likeness (QED) is 0.713. The fourth-order valence-corrected chi connectivity index (χ4v) is 2.80. The van der Waals surface area contributed by atoms with Gasteiger partial charge in [0, 0.05) is 16.6 Å². The molecule has 1 aromatic heterocycles. The van der Waals surface area contributed by atoms with Crippen molar-refractivity contribution in [1.29, 1.82) is 0 Å². The van der Waals surface area contributed by atoms with Crippen LogP contribution in [0, 0.1) is 0 Å².